The smallest absolute Gasteiger partial charge is 0.217 e. The molecule has 0 radical (unpaired) electrons. The SMILES string of the molecule is CN(C1CC1)S(=O)(=O)CCOc1ccc(N)cc1. The average Bonchev–Trinajstić information content (AvgIpc) is 3.14. The van der Waals surface area contributed by atoms with E-state index in [1.54, 1.807) is 31.3 Å². The van der Waals surface area contributed by atoms with Crippen molar-refractivity contribution in [2.45, 2.75) is 18.9 Å². The molecule has 1 aliphatic carbocycles. The summed E-state index contributed by atoms with van der Waals surface area (Å²) in [4.78, 5) is 0. The van der Waals surface area contributed by atoms with E-state index in [1.165, 1.54) is 4.31 Å². The predicted molar refractivity (Wildman–Crippen MR) is 70.9 cm³/mol. The molecule has 18 heavy (non-hydrogen) atoms. The first kappa shape index (κ1) is 13.2. The second-order valence-corrected chi connectivity index (χ2v) is 6.63. The Kier molecular flexibility index (Phi) is 3.77. The highest BCUT2D eigenvalue weighted by atomic mass is 32.2. The van der Waals surface area contributed by atoms with Crippen LogP contribution in [0.2, 0.25) is 0 Å². The number of nitrogens with two attached hydrogens (primary N) is 1. The molecule has 1 aliphatic rings. The van der Waals surface area contributed by atoms with E-state index >= 15 is 0 Å². The Bertz CT molecular complexity index is 495. The Morgan fingerprint density at radius 3 is 2.50 bits per heavy atom. The molecule has 0 unspecified atom stereocenters. The molecule has 1 aromatic rings. The van der Waals surface area contributed by atoms with Crippen LogP contribution in [0, 0.1) is 0 Å². The van der Waals surface area contributed by atoms with Crippen molar-refractivity contribution in [2.75, 3.05) is 25.1 Å². The van der Waals surface area contributed by atoms with E-state index in [9.17, 15) is 8.42 Å². The van der Waals surface area contributed by atoms with Crippen LogP contribution in [0.1, 0.15) is 12.8 Å². The second kappa shape index (κ2) is 5.16. The number of sulfonamides is 1. The lowest BCUT2D eigenvalue weighted by atomic mass is 10.3. The summed E-state index contributed by atoms with van der Waals surface area (Å²) in [5, 5.41) is 0. The molecule has 0 heterocycles. The van der Waals surface area contributed by atoms with Gasteiger partial charge in [-0.25, -0.2) is 12.7 Å². The van der Waals surface area contributed by atoms with Crippen molar-refractivity contribution >= 4 is 15.7 Å². The van der Waals surface area contributed by atoms with Gasteiger partial charge in [-0.3, -0.25) is 0 Å². The van der Waals surface area contributed by atoms with Crippen LogP contribution in [0.25, 0.3) is 0 Å². The summed E-state index contributed by atoms with van der Waals surface area (Å²) >= 11 is 0. The Labute approximate surface area is 108 Å². The van der Waals surface area contributed by atoms with Crippen LogP contribution < -0.4 is 10.5 Å². The van der Waals surface area contributed by atoms with Crippen molar-refractivity contribution < 1.29 is 13.2 Å². The van der Waals surface area contributed by atoms with Crippen LogP contribution in [-0.4, -0.2) is 38.2 Å². The Morgan fingerprint density at radius 1 is 1.33 bits per heavy atom. The molecule has 5 nitrogen and oxygen atoms in total. The lowest BCUT2D eigenvalue weighted by Gasteiger charge is -2.16. The zero-order valence-electron chi connectivity index (χ0n) is 10.4. The highest BCUT2D eigenvalue weighted by Crippen LogP contribution is 2.27. The van der Waals surface area contributed by atoms with Gasteiger partial charge in [0.1, 0.15) is 12.4 Å². The van der Waals surface area contributed by atoms with Gasteiger partial charge < -0.3 is 10.5 Å². The summed E-state index contributed by atoms with van der Waals surface area (Å²) in [6.07, 6.45) is 1.93. The maximum atomic E-state index is 11.9. The van der Waals surface area contributed by atoms with Gasteiger partial charge in [-0.1, -0.05) is 0 Å². The van der Waals surface area contributed by atoms with Gasteiger partial charge >= 0.3 is 0 Å². The highest BCUT2D eigenvalue weighted by molar-refractivity contribution is 7.89. The molecule has 100 valence electrons. The first-order valence-electron chi connectivity index (χ1n) is 5.93. The minimum Gasteiger partial charge on any atom is -0.492 e. The van der Waals surface area contributed by atoms with Crippen LogP contribution >= 0.6 is 0 Å². The van der Waals surface area contributed by atoms with E-state index in [4.69, 9.17) is 10.5 Å². The molecule has 0 spiro atoms. The molecule has 1 saturated carbocycles. The molecule has 0 aliphatic heterocycles. The molecule has 0 atom stereocenters. The number of ether oxygens (including phenoxy) is 1. The quantitative estimate of drug-likeness (QED) is 0.785. The average molecular weight is 270 g/mol. The van der Waals surface area contributed by atoms with Crippen molar-refractivity contribution in [1.82, 2.24) is 4.31 Å². The molecule has 1 aromatic carbocycles. The third-order valence-corrected chi connectivity index (χ3v) is 4.85. The maximum absolute atomic E-state index is 11.9. The number of rotatable bonds is 6. The van der Waals surface area contributed by atoms with Gasteiger partial charge in [0.05, 0.1) is 5.75 Å². The molecular formula is C12H18N2O3S. The topological polar surface area (TPSA) is 72.6 Å². The van der Waals surface area contributed by atoms with Crippen molar-refractivity contribution in [1.29, 1.82) is 0 Å². The van der Waals surface area contributed by atoms with Gasteiger partial charge in [-0.15, -0.1) is 0 Å². The third kappa shape index (κ3) is 3.36. The fraction of sp³-hybridized carbons (Fsp3) is 0.500. The molecule has 0 amide bonds. The first-order chi connectivity index (χ1) is 8.49. The number of hydrogen-bond acceptors (Lipinski definition) is 4. The summed E-state index contributed by atoms with van der Waals surface area (Å²) in [5.41, 5.74) is 6.20. The van der Waals surface area contributed by atoms with Gasteiger partial charge in [0.2, 0.25) is 10.0 Å². The summed E-state index contributed by atoms with van der Waals surface area (Å²) in [7, 11) is -1.56. The minimum atomic E-state index is -3.19. The number of nitrogen functional groups attached to an aromatic ring is 1. The van der Waals surface area contributed by atoms with E-state index in [0.717, 1.165) is 12.8 Å². The van der Waals surface area contributed by atoms with Gasteiger partial charge in [0, 0.05) is 18.8 Å². The lowest BCUT2D eigenvalue weighted by Crippen LogP contribution is -2.33. The van der Waals surface area contributed by atoms with Gasteiger partial charge in [0.25, 0.3) is 0 Å². The fourth-order valence-corrected chi connectivity index (χ4v) is 2.89. The van der Waals surface area contributed by atoms with Crippen molar-refractivity contribution in [3.8, 4) is 5.75 Å². The predicted octanol–water partition coefficient (Wildman–Crippen LogP) is 1.07. The molecule has 2 rings (SSSR count). The van der Waals surface area contributed by atoms with E-state index in [1.807, 2.05) is 0 Å². The van der Waals surface area contributed by atoms with E-state index in [0.29, 0.717) is 11.4 Å². The number of hydrogen-bond donors (Lipinski definition) is 1. The zero-order valence-corrected chi connectivity index (χ0v) is 11.2. The van der Waals surface area contributed by atoms with Crippen molar-refractivity contribution in [3.63, 3.8) is 0 Å². The summed E-state index contributed by atoms with van der Waals surface area (Å²) in [5.74, 6) is 0.637. The molecule has 0 bridgehead atoms. The number of benzene rings is 1. The fourth-order valence-electron chi connectivity index (χ4n) is 1.64. The molecule has 0 aromatic heterocycles. The second-order valence-electron chi connectivity index (χ2n) is 4.48. The molecule has 2 N–H and O–H groups in total. The highest BCUT2D eigenvalue weighted by Gasteiger charge is 2.33. The van der Waals surface area contributed by atoms with Gasteiger partial charge in [-0.05, 0) is 37.1 Å². The van der Waals surface area contributed by atoms with Crippen molar-refractivity contribution in [2.24, 2.45) is 0 Å². The standard InChI is InChI=1S/C12H18N2O3S/c1-14(11-4-5-11)18(15,16)9-8-17-12-6-2-10(13)3-7-12/h2-3,6-7,11H,4-5,8-9,13H2,1H3. The van der Waals surface area contributed by atoms with Crippen LogP contribution in [0.5, 0.6) is 5.75 Å². The molecular weight excluding hydrogens is 252 g/mol. The third-order valence-electron chi connectivity index (χ3n) is 2.99. The Morgan fingerprint density at radius 2 is 1.94 bits per heavy atom. The minimum absolute atomic E-state index is 0.00434. The van der Waals surface area contributed by atoms with E-state index in [-0.39, 0.29) is 18.4 Å². The van der Waals surface area contributed by atoms with Gasteiger partial charge in [-0.2, -0.15) is 0 Å². The summed E-state index contributed by atoms with van der Waals surface area (Å²) in [6, 6.07) is 7.10. The number of nitrogens with zero attached hydrogens (tertiary/aromatic N) is 1. The van der Waals surface area contributed by atoms with E-state index in [2.05, 4.69) is 0 Å². The first-order valence-corrected chi connectivity index (χ1v) is 7.54. The molecule has 1 fully saturated rings. The van der Waals surface area contributed by atoms with Crippen molar-refractivity contribution in [3.05, 3.63) is 24.3 Å². The Hall–Kier alpha value is -1.27. The number of anilines is 1. The summed E-state index contributed by atoms with van der Waals surface area (Å²) < 4.78 is 30.6. The van der Waals surface area contributed by atoms with Crippen LogP contribution in [0.4, 0.5) is 5.69 Å². The largest absolute Gasteiger partial charge is 0.492 e. The van der Waals surface area contributed by atoms with Gasteiger partial charge in [0.15, 0.2) is 0 Å². The maximum Gasteiger partial charge on any atom is 0.217 e. The van der Waals surface area contributed by atoms with Crippen LogP contribution in [0.15, 0.2) is 24.3 Å². The van der Waals surface area contributed by atoms with Crippen LogP contribution in [-0.2, 0) is 10.0 Å². The van der Waals surface area contributed by atoms with Crippen LogP contribution in [0.3, 0.4) is 0 Å². The monoisotopic (exact) mass is 270 g/mol. The molecule has 6 heteroatoms. The van der Waals surface area contributed by atoms with E-state index < -0.39 is 10.0 Å². The molecule has 0 saturated heterocycles. The summed E-state index contributed by atoms with van der Waals surface area (Å²) in [6.45, 7) is 0.156. The Balaban J connectivity index is 1.82. The normalized spacial score (nSPS) is 15.9. The lowest BCUT2D eigenvalue weighted by molar-refractivity contribution is 0.336. The zero-order chi connectivity index (χ0) is 13.2.